The molecule has 0 fully saturated rings. The number of rotatable bonds is 12. The van der Waals surface area contributed by atoms with Crippen LogP contribution in [0.3, 0.4) is 0 Å². The van der Waals surface area contributed by atoms with Gasteiger partial charge in [-0.15, -0.1) is 25.3 Å². The van der Waals surface area contributed by atoms with Gasteiger partial charge >= 0.3 is 0 Å². The zero-order valence-corrected chi connectivity index (χ0v) is 18.3. The molecule has 0 aromatic heterocycles. The first-order valence-corrected chi connectivity index (χ1v) is 10.6. The molecule has 3 N–H and O–H groups in total. The molecule has 0 aliphatic carbocycles. The summed E-state index contributed by atoms with van der Waals surface area (Å²) in [6, 6.07) is 12.8. The van der Waals surface area contributed by atoms with Gasteiger partial charge in [-0.25, -0.2) is 0 Å². The van der Waals surface area contributed by atoms with Crippen molar-refractivity contribution in [3.8, 4) is 0 Å². The fraction of sp³-hybridized carbons (Fsp3) is 0.455. The Morgan fingerprint density at radius 1 is 0.630 bits per heavy atom. The summed E-state index contributed by atoms with van der Waals surface area (Å²) in [5.74, 6) is 0. The van der Waals surface area contributed by atoms with Crippen molar-refractivity contribution in [3.63, 3.8) is 0 Å². The Balaban J connectivity index is 1.43. The standard InChI is InChI=1S/C22H33N3S2/c1-17-5-7-19(21(26)13-17)15-24-11-3-9-23-10-4-12-25-16-20-8-6-18(2)14-22(20)27/h5-8,13-14,23-27H,3-4,9-12,15-16H2,1-2H3. The van der Waals surface area contributed by atoms with E-state index in [1.54, 1.807) is 0 Å². The first-order chi connectivity index (χ1) is 13.1. The van der Waals surface area contributed by atoms with Crippen LogP contribution < -0.4 is 16.0 Å². The smallest absolute Gasteiger partial charge is 0.0216 e. The average Bonchev–Trinajstić information content (AvgIpc) is 2.62. The Hall–Kier alpha value is -0.980. The van der Waals surface area contributed by atoms with Gasteiger partial charge in [0.2, 0.25) is 0 Å². The maximum Gasteiger partial charge on any atom is 0.0216 e. The van der Waals surface area contributed by atoms with E-state index in [-0.39, 0.29) is 0 Å². The number of nitrogens with one attached hydrogen (secondary N) is 3. The van der Waals surface area contributed by atoms with Crippen LogP contribution in [0.15, 0.2) is 46.2 Å². The predicted molar refractivity (Wildman–Crippen MR) is 122 cm³/mol. The molecule has 0 heterocycles. The molecule has 5 heteroatoms. The topological polar surface area (TPSA) is 36.1 Å². The molecule has 3 nitrogen and oxygen atoms in total. The van der Waals surface area contributed by atoms with Crippen LogP contribution in [0.4, 0.5) is 0 Å². The van der Waals surface area contributed by atoms with Crippen molar-refractivity contribution in [2.24, 2.45) is 0 Å². The fourth-order valence-electron chi connectivity index (χ4n) is 2.89. The second-order valence-corrected chi connectivity index (χ2v) is 8.04. The van der Waals surface area contributed by atoms with Crippen molar-refractivity contribution in [1.82, 2.24) is 16.0 Å². The molecule has 0 atom stereocenters. The van der Waals surface area contributed by atoms with Gasteiger partial charge in [-0.3, -0.25) is 0 Å². The van der Waals surface area contributed by atoms with E-state index in [9.17, 15) is 0 Å². The predicted octanol–water partition coefficient (Wildman–Crippen LogP) is 4.13. The molecule has 27 heavy (non-hydrogen) atoms. The molecule has 0 bridgehead atoms. The van der Waals surface area contributed by atoms with E-state index in [2.05, 4.69) is 91.5 Å². The Bertz CT molecular complexity index is 644. The van der Waals surface area contributed by atoms with Gasteiger partial charge in [-0.05, 0) is 76.1 Å². The SMILES string of the molecule is Cc1ccc(CNCCCNCCCNCc2ccc(C)cc2S)c(S)c1. The minimum atomic E-state index is 0.884. The van der Waals surface area contributed by atoms with Crippen LogP contribution in [-0.4, -0.2) is 26.2 Å². The third-order valence-electron chi connectivity index (χ3n) is 4.53. The Kier molecular flexibility index (Phi) is 10.3. The van der Waals surface area contributed by atoms with E-state index in [0.29, 0.717) is 0 Å². The molecule has 0 saturated heterocycles. The molecule has 148 valence electrons. The minimum Gasteiger partial charge on any atom is -0.317 e. The van der Waals surface area contributed by atoms with Crippen molar-refractivity contribution < 1.29 is 0 Å². The minimum absolute atomic E-state index is 0.884. The first-order valence-electron chi connectivity index (χ1n) is 9.75. The third kappa shape index (κ3) is 8.71. The molecule has 0 aliphatic rings. The quantitative estimate of drug-likeness (QED) is 0.273. The number of hydrogen-bond acceptors (Lipinski definition) is 5. The van der Waals surface area contributed by atoms with Gasteiger partial charge in [0.15, 0.2) is 0 Å². The number of aryl methyl sites for hydroxylation is 2. The summed E-state index contributed by atoms with van der Waals surface area (Å²) in [6.45, 7) is 10.1. The van der Waals surface area contributed by atoms with E-state index in [1.165, 1.54) is 22.3 Å². The monoisotopic (exact) mass is 403 g/mol. The Morgan fingerprint density at radius 3 is 1.44 bits per heavy atom. The van der Waals surface area contributed by atoms with Crippen LogP contribution in [0.25, 0.3) is 0 Å². The van der Waals surface area contributed by atoms with Crippen molar-refractivity contribution >= 4 is 25.3 Å². The highest BCUT2D eigenvalue weighted by Gasteiger charge is 2.00. The second kappa shape index (κ2) is 12.5. The van der Waals surface area contributed by atoms with Gasteiger partial charge in [0.1, 0.15) is 0 Å². The highest BCUT2D eigenvalue weighted by Crippen LogP contribution is 2.16. The molecular weight excluding hydrogens is 370 g/mol. The summed E-state index contributed by atoms with van der Waals surface area (Å²) in [5, 5.41) is 10.5. The lowest BCUT2D eigenvalue weighted by Crippen LogP contribution is -2.25. The second-order valence-electron chi connectivity index (χ2n) is 7.07. The molecule has 0 spiro atoms. The zero-order valence-electron chi connectivity index (χ0n) is 16.5. The maximum atomic E-state index is 4.54. The van der Waals surface area contributed by atoms with E-state index in [0.717, 1.165) is 61.9 Å². The Morgan fingerprint density at radius 2 is 1.04 bits per heavy atom. The third-order valence-corrected chi connectivity index (χ3v) is 5.36. The van der Waals surface area contributed by atoms with Crippen LogP contribution >= 0.6 is 25.3 Å². The fourth-order valence-corrected chi connectivity index (χ4v) is 3.61. The lowest BCUT2D eigenvalue weighted by atomic mass is 10.1. The number of thiol groups is 2. The van der Waals surface area contributed by atoms with Crippen molar-refractivity contribution in [3.05, 3.63) is 58.7 Å². The highest BCUT2D eigenvalue weighted by atomic mass is 32.1. The van der Waals surface area contributed by atoms with E-state index in [4.69, 9.17) is 0 Å². The summed E-state index contributed by atoms with van der Waals surface area (Å²) in [4.78, 5) is 2.15. The zero-order chi connectivity index (χ0) is 19.5. The molecule has 0 saturated carbocycles. The van der Waals surface area contributed by atoms with Gasteiger partial charge < -0.3 is 16.0 Å². The van der Waals surface area contributed by atoms with Crippen LogP contribution in [-0.2, 0) is 13.1 Å². The number of benzene rings is 2. The van der Waals surface area contributed by atoms with Gasteiger partial charge in [-0.1, -0.05) is 35.4 Å². The van der Waals surface area contributed by atoms with Crippen LogP contribution in [0, 0.1) is 13.8 Å². The van der Waals surface area contributed by atoms with Crippen molar-refractivity contribution in [2.45, 2.75) is 49.6 Å². The molecule has 2 aromatic rings. The molecular formula is C22H33N3S2. The lowest BCUT2D eigenvalue weighted by Gasteiger charge is -2.10. The molecule has 0 unspecified atom stereocenters. The molecule has 0 radical (unpaired) electrons. The first kappa shape index (κ1) is 22.3. The Labute approximate surface area is 175 Å². The number of hydrogen-bond donors (Lipinski definition) is 5. The largest absolute Gasteiger partial charge is 0.317 e. The van der Waals surface area contributed by atoms with Crippen LogP contribution in [0.1, 0.15) is 35.1 Å². The summed E-state index contributed by atoms with van der Waals surface area (Å²) < 4.78 is 0. The van der Waals surface area contributed by atoms with E-state index >= 15 is 0 Å². The summed E-state index contributed by atoms with van der Waals surface area (Å²) in [5.41, 5.74) is 5.04. The average molecular weight is 404 g/mol. The molecule has 0 aliphatic heterocycles. The van der Waals surface area contributed by atoms with E-state index in [1.807, 2.05) is 0 Å². The van der Waals surface area contributed by atoms with Gasteiger partial charge in [0.25, 0.3) is 0 Å². The lowest BCUT2D eigenvalue weighted by molar-refractivity contribution is 0.563. The van der Waals surface area contributed by atoms with Crippen molar-refractivity contribution in [1.29, 1.82) is 0 Å². The normalized spacial score (nSPS) is 11.1. The maximum absolute atomic E-state index is 4.54. The van der Waals surface area contributed by atoms with E-state index < -0.39 is 0 Å². The summed E-state index contributed by atoms with van der Waals surface area (Å²) in [7, 11) is 0. The molecule has 0 amide bonds. The highest BCUT2D eigenvalue weighted by molar-refractivity contribution is 7.80. The summed E-state index contributed by atoms with van der Waals surface area (Å²) in [6.07, 6.45) is 2.27. The van der Waals surface area contributed by atoms with Gasteiger partial charge in [-0.2, -0.15) is 0 Å². The van der Waals surface area contributed by atoms with Crippen LogP contribution in [0.2, 0.25) is 0 Å². The van der Waals surface area contributed by atoms with Gasteiger partial charge in [0, 0.05) is 22.9 Å². The summed E-state index contributed by atoms with van der Waals surface area (Å²) >= 11 is 9.07. The molecule has 2 rings (SSSR count). The van der Waals surface area contributed by atoms with Gasteiger partial charge in [0.05, 0.1) is 0 Å². The van der Waals surface area contributed by atoms with Crippen LogP contribution in [0.5, 0.6) is 0 Å². The molecule has 2 aromatic carbocycles. The van der Waals surface area contributed by atoms with Crippen molar-refractivity contribution in [2.75, 3.05) is 26.2 Å².